The zero-order valence-electron chi connectivity index (χ0n) is 10.3. The quantitative estimate of drug-likeness (QED) is 0.891. The maximum atomic E-state index is 13.7. The highest BCUT2D eigenvalue weighted by Crippen LogP contribution is 2.27. The molecular weight excluding hydrogens is 314 g/mol. The van der Waals surface area contributed by atoms with Gasteiger partial charge in [-0.1, -0.05) is 29.8 Å². The van der Waals surface area contributed by atoms with Crippen molar-refractivity contribution < 1.29 is 13.9 Å². The third-order valence-corrected chi connectivity index (χ3v) is 3.84. The van der Waals surface area contributed by atoms with E-state index in [1.54, 1.807) is 24.3 Å². The van der Waals surface area contributed by atoms with Gasteiger partial charge >= 0.3 is 0 Å². The van der Waals surface area contributed by atoms with Gasteiger partial charge in [0, 0.05) is 12.0 Å². The highest BCUT2D eigenvalue weighted by Gasteiger charge is 2.16. The Morgan fingerprint density at radius 2 is 1.89 bits per heavy atom. The average Bonchev–Trinajstić information content (AvgIpc) is 2.38. The molecule has 0 bridgehead atoms. The summed E-state index contributed by atoms with van der Waals surface area (Å²) in [4.78, 5) is 0. The molecule has 0 saturated heterocycles. The number of hydrogen-bond acceptors (Lipinski definition) is 1. The lowest BCUT2D eigenvalue weighted by atomic mass is 9.99. The molecule has 0 heterocycles. The monoisotopic (exact) mass is 326 g/mol. The maximum absolute atomic E-state index is 13.7. The number of rotatable bonds is 3. The van der Waals surface area contributed by atoms with Crippen molar-refractivity contribution in [1.29, 1.82) is 0 Å². The van der Waals surface area contributed by atoms with Crippen molar-refractivity contribution in [3.8, 4) is 0 Å². The van der Waals surface area contributed by atoms with E-state index in [2.05, 4.69) is 15.9 Å². The van der Waals surface area contributed by atoms with Crippen LogP contribution in [0.4, 0.5) is 8.78 Å². The second kappa shape index (κ2) is 5.80. The molecule has 1 N–H and O–H groups in total. The molecule has 0 fully saturated rings. The van der Waals surface area contributed by atoms with Gasteiger partial charge in [-0.2, -0.15) is 0 Å². The summed E-state index contributed by atoms with van der Waals surface area (Å²) in [5.74, 6) is -0.847. The van der Waals surface area contributed by atoms with E-state index in [4.69, 9.17) is 0 Å². The van der Waals surface area contributed by atoms with E-state index < -0.39 is 17.7 Å². The third-order valence-electron chi connectivity index (χ3n) is 2.96. The van der Waals surface area contributed by atoms with Gasteiger partial charge in [0.2, 0.25) is 0 Å². The van der Waals surface area contributed by atoms with Gasteiger partial charge in [-0.3, -0.25) is 0 Å². The van der Waals surface area contributed by atoms with Crippen molar-refractivity contribution in [1.82, 2.24) is 0 Å². The van der Waals surface area contributed by atoms with Gasteiger partial charge < -0.3 is 5.11 Å². The fourth-order valence-corrected chi connectivity index (χ4v) is 2.37. The minimum Gasteiger partial charge on any atom is -0.388 e. The van der Waals surface area contributed by atoms with Crippen LogP contribution >= 0.6 is 15.9 Å². The predicted molar refractivity (Wildman–Crippen MR) is 73.9 cm³/mol. The Hall–Kier alpha value is -1.26. The molecule has 0 spiro atoms. The van der Waals surface area contributed by atoms with Gasteiger partial charge in [0.25, 0.3) is 0 Å². The van der Waals surface area contributed by atoms with Crippen LogP contribution in [0.3, 0.4) is 0 Å². The summed E-state index contributed by atoms with van der Waals surface area (Å²) in [5, 5.41) is 10.1. The van der Waals surface area contributed by atoms with Crippen molar-refractivity contribution in [2.75, 3.05) is 0 Å². The van der Waals surface area contributed by atoms with Crippen LogP contribution in [0.25, 0.3) is 0 Å². The van der Waals surface area contributed by atoms with Gasteiger partial charge in [0.15, 0.2) is 0 Å². The molecule has 4 heteroatoms. The van der Waals surface area contributed by atoms with Crippen LogP contribution in [-0.4, -0.2) is 5.11 Å². The minimum absolute atomic E-state index is 0.152. The fraction of sp³-hybridized carbons (Fsp3) is 0.200. The molecule has 0 aliphatic carbocycles. The number of halogens is 3. The summed E-state index contributed by atoms with van der Waals surface area (Å²) < 4.78 is 27.3. The third kappa shape index (κ3) is 3.19. The Labute approximate surface area is 119 Å². The van der Waals surface area contributed by atoms with Crippen LogP contribution in [0.5, 0.6) is 0 Å². The number of aliphatic hydroxyl groups excluding tert-OH is 1. The zero-order chi connectivity index (χ0) is 14.0. The van der Waals surface area contributed by atoms with Gasteiger partial charge in [-0.05, 0) is 40.5 Å². The maximum Gasteiger partial charge on any atom is 0.137 e. The highest BCUT2D eigenvalue weighted by atomic mass is 79.9. The summed E-state index contributed by atoms with van der Waals surface area (Å²) in [7, 11) is 0. The molecule has 0 radical (unpaired) electrons. The van der Waals surface area contributed by atoms with Gasteiger partial charge in [-0.15, -0.1) is 0 Å². The molecule has 0 aliphatic rings. The van der Waals surface area contributed by atoms with E-state index in [1.165, 1.54) is 12.1 Å². The van der Waals surface area contributed by atoms with Crippen molar-refractivity contribution in [2.45, 2.75) is 19.4 Å². The molecule has 0 amide bonds. The summed E-state index contributed by atoms with van der Waals surface area (Å²) in [6.45, 7) is 1.83. The van der Waals surface area contributed by atoms with Crippen LogP contribution in [0, 0.1) is 18.6 Å². The normalized spacial score (nSPS) is 12.5. The lowest BCUT2D eigenvalue weighted by Gasteiger charge is -2.14. The van der Waals surface area contributed by atoms with Crippen LogP contribution < -0.4 is 0 Å². The van der Waals surface area contributed by atoms with Crippen molar-refractivity contribution >= 4 is 15.9 Å². The lowest BCUT2D eigenvalue weighted by Crippen LogP contribution is -2.05. The van der Waals surface area contributed by atoms with Crippen molar-refractivity contribution in [2.24, 2.45) is 0 Å². The molecule has 19 heavy (non-hydrogen) atoms. The second-order valence-corrected chi connectivity index (χ2v) is 5.25. The Kier molecular flexibility index (Phi) is 4.32. The summed E-state index contributed by atoms with van der Waals surface area (Å²) in [5.41, 5.74) is 1.71. The summed E-state index contributed by atoms with van der Waals surface area (Å²) in [6.07, 6.45) is -0.850. The zero-order valence-corrected chi connectivity index (χ0v) is 11.9. The first kappa shape index (κ1) is 14.2. The molecule has 0 aromatic heterocycles. The van der Waals surface area contributed by atoms with E-state index >= 15 is 0 Å². The van der Waals surface area contributed by atoms with E-state index in [0.717, 1.165) is 5.56 Å². The Bertz CT molecular complexity index is 599. The SMILES string of the molecule is Cc1ccc(F)c(C(O)Cc2cccc(F)c2Br)c1. The first-order chi connectivity index (χ1) is 8.99. The van der Waals surface area contributed by atoms with E-state index in [0.29, 0.717) is 10.0 Å². The molecular formula is C15H13BrF2O. The molecule has 1 unspecified atom stereocenters. The molecule has 2 rings (SSSR count). The number of hydrogen-bond donors (Lipinski definition) is 1. The molecule has 1 nitrogen and oxygen atoms in total. The van der Waals surface area contributed by atoms with E-state index in [1.807, 2.05) is 6.92 Å². The first-order valence-corrected chi connectivity index (χ1v) is 6.65. The largest absolute Gasteiger partial charge is 0.388 e. The fourth-order valence-electron chi connectivity index (χ4n) is 1.94. The van der Waals surface area contributed by atoms with Gasteiger partial charge in [0.05, 0.1) is 10.6 Å². The minimum atomic E-state index is -1.00. The number of aliphatic hydroxyl groups is 1. The van der Waals surface area contributed by atoms with Crippen LogP contribution in [0.15, 0.2) is 40.9 Å². The van der Waals surface area contributed by atoms with Crippen molar-refractivity contribution in [3.05, 3.63) is 69.2 Å². The van der Waals surface area contributed by atoms with E-state index in [-0.39, 0.29) is 12.0 Å². The van der Waals surface area contributed by atoms with Gasteiger partial charge in [-0.25, -0.2) is 8.78 Å². The molecule has 1 atom stereocenters. The predicted octanol–water partition coefficient (Wildman–Crippen LogP) is 4.31. The van der Waals surface area contributed by atoms with Crippen LogP contribution in [0.2, 0.25) is 0 Å². The topological polar surface area (TPSA) is 20.2 Å². The first-order valence-electron chi connectivity index (χ1n) is 5.86. The smallest absolute Gasteiger partial charge is 0.137 e. The molecule has 0 aliphatic heterocycles. The van der Waals surface area contributed by atoms with Crippen molar-refractivity contribution in [3.63, 3.8) is 0 Å². The summed E-state index contributed by atoms with van der Waals surface area (Å²) in [6, 6.07) is 9.16. The number of aryl methyl sites for hydroxylation is 1. The average molecular weight is 327 g/mol. The molecule has 2 aromatic rings. The molecule has 0 saturated carbocycles. The summed E-state index contributed by atoms with van der Waals surface area (Å²) >= 11 is 3.13. The van der Waals surface area contributed by atoms with Crippen LogP contribution in [-0.2, 0) is 6.42 Å². The second-order valence-electron chi connectivity index (χ2n) is 4.46. The van der Waals surface area contributed by atoms with Crippen LogP contribution in [0.1, 0.15) is 22.8 Å². The molecule has 100 valence electrons. The van der Waals surface area contributed by atoms with E-state index in [9.17, 15) is 13.9 Å². The lowest BCUT2D eigenvalue weighted by molar-refractivity contribution is 0.173. The standard InChI is InChI=1S/C15H13BrF2O/c1-9-5-6-12(17)11(7-9)14(19)8-10-3-2-4-13(18)15(10)16/h2-7,14,19H,8H2,1H3. The van der Waals surface area contributed by atoms with Gasteiger partial charge in [0.1, 0.15) is 11.6 Å². The molecule has 2 aromatic carbocycles. The Balaban J connectivity index is 2.28. The Morgan fingerprint density at radius 1 is 1.16 bits per heavy atom. The highest BCUT2D eigenvalue weighted by molar-refractivity contribution is 9.10. The number of benzene rings is 2. The Morgan fingerprint density at radius 3 is 2.63 bits per heavy atom.